The zero-order valence-corrected chi connectivity index (χ0v) is 7.94. The van der Waals surface area contributed by atoms with Crippen LogP contribution in [0, 0.1) is 16.0 Å². The number of hydrogen-bond acceptors (Lipinski definition) is 2. The van der Waals surface area contributed by atoms with Crippen molar-refractivity contribution in [1.29, 1.82) is 0 Å². The molecule has 0 bridgehead atoms. The molecule has 14 heavy (non-hydrogen) atoms. The van der Waals surface area contributed by atoms with Crippen molar-refractivity contribution >= 4 is 5.69 Å². The third kappa shape index (κ3) is 2.80. The van der Waals surface area contributed by atoms with Gasteiger partial charge in [-0.15, -0.1) is 0 Å². The molecule has 0 saturated heterocycles. The summed E-state index contributed by atoms with van der Waals surface area (Å²) in [5.74, 6) is -0.0311. The molecule has 0 aromatic heterocycles. The molecule has 0 unspecified atom stereocenters. The molecule has 1 aromatic rings. The molecule has 0 heterocycles. The first-order valence-corrected chi connectivity index (χ1v) is 4.42. The molecule has 1 atom stereocenters. The second-order valence-corrected chi connectivity index (χ2v) is 3.39. The fourth-order valence-corrected chi connectivity index (χ4v) is 1.21. The van der Waals surface area contributed by atoms with Gasteiger partial charge in [0.05, 0.1) is 11.6 Å². The largest absolute Gasteiger partial charge is 0.269 e. The van der Waals surface area contributed by atoms with E-state index in [0.29, 0.717) is 6.42 Å². The molecule has 0 N–H and O–H groups in total. The predicted octanol–water partition coefficient (Wildman–Crippen LogP) is 2.74. The summed E-state index contributed by atoms with van der Waals surface area (Å²) in [4.78, 5) is 9.89. The van der Waals surface area contributed by atoms with E-state index in [-0.39, 0.29) is 18.3 Å². The maximum atomic E-state index is 12.2. The van der Waals surface area contributed by atoms with Gasteiger partial charge in [-0.2, -0.15) is 0 Å². The van der Waals surface area contributed by atoms with E-state index in [0.717, 1.165) is 5.56 Å². The van der Waals surface area contributed by atoms with E-state index in [4.69, 9.17) is 0 Å². The van der Waals surface area contributed by atoms with Crippen molar-refractivity contribution < 1.29 is 9.31 Å². The van der Waals surface area contributed by atoms with Gasteiger partial charge in [0.1, 0.15) is 0 Å². The normalized spacial score (nSPS) is 12.4. The third-order valence-electron chi connectivity index (χ3n) is 1.99. The molecule has 4 heteroatoms. The van der Waals surface area contributed by atoms with E-state index in [2.05, 4.69) is 0 Å². The molecule has 1 aromatic carbocycles. The molecule has 3 nitrogen and oxygen atoms in total. The van der Waals surface area contributed by atoms with Gasteiger partial charge in [0.15, 0.2) is 0 Å². The molecule has 1 rings (SSSR count). The zero-order chi connectivity index (χ0) is 10.6. The van der Waals surface area contributed by atoms with Gasteiger partial charge >= 0.3 is 0 Å². The van der Waals surface area contributed by atoms with E-state index in [1.807, 2.05) is 0 Å². The standard InChI is InChI=1S/C10H12FNO2/c1-8(7-11)6-9-2-4-10(5-3-9)12(13)14/h2-5,8H,6-7H2,1H3/t8-/m0/s1. The molecule has 0 aliphatic heterocycles. The highest BCUT2D eigenvalue weighted by Crippen LogP contribution is 2.14. The quantitative estimate of drug-likeness (QED) is 0.550. The maximum Gasteiger partial charge on any atom is 0.269 e. The lowest BCUT2D eigenvalue weighted by Gasteiger charge is -2.05. The van der Waals surface area contributed by atoms with Crippen LogP contribution in [0.2, 0.25) is 0 Å². The summed E-state index contributed by atoms with van der Waals surface area (Å²) in [6.45, 7) is 1.44. The van der Waals surface area contributed by atoms with Crippen LogP contribution in [-0.2, 0) is 6.42 Å². The molecule has 76 valence electrons. The van der Waals surface area contributed by atoms with Gasteiger partial charge in [0, 0.05) is 12.1 Å². The van der Waals surface area contributed by atoms with Crippen molar-refractivity contribution in [3.05, 3.63) is 39.9 Å². The van der Waals surface area contributed by atoms with E-state index < -0.39 is 4.92 Å². The SMILES string of the molecule is C[C@H](CF)Cc1ccc([N+](=O)[O-])cc1. The zero-order valence-electron chi connectivity index (χ0n) is 7.94. The van der Waals surface area contributed by atoms with Gasteiger partial charge in [-0.1, -0.05) is 19.1 Å². The van der Waals surface area contributed by atoms with Gasteiger partial charge in [-0.3, -0.25) is 14.5 Å². The van der Waals surface area contributed by atoms with Crippen LogP contribution < -0.4 is 0 Å². The summed E-state index contributed by atoms with van der Waals surface area (Å²) in [5.41, 5.74) is 1.00. The highest BCUT2D eigenvalue weighted by atomic mass is 19.1. The lowest BCUT2D eigenvalue weighted by Crippen LogP contribution is -2.01. The molecule has 0 fully saturated rings. The van der Waals surface area contributed by atoms with Crippen LogP contribution in [-0.4, -0.2) is 11.6 Å². The molecule has 0 spiro atoms. The van der Waals surface area contributed by atoms with Gasteiger partial charge in [0.2, 0.25) is 0 Å². The van der Waals surface area contributed by atoms with Crippen LogP contribution in [0.25, 0.3) is 0 Å². The number of rotatable bonds is 4. The number of nitro benzene ring substituents is 1. The topological polar surface area (TPSA) is 43.1 Å². The van der Waals surface area contributed by atoms with E-state index in [1.165, 1.54) is 12.1 Å². The van der Waals surface area contributed by atoms with Crippen molar-refractivity contribution in [2.75, 3.05) is 6.67 Å². The second-order valence-electron chi connectivity index (χ2n) is 3.39. The lowest BCUT2D eigenvalue weighted by molar-refractivity contribution is -0.384. The summed E-state index contributed by atoms with van der Waals surface area (Å²) in [6, 6.07) is 6.23. The Bertz CT molecular complexity index is 310. The van der Waals surface area contributed by atoms with E-state index in [9.17, 15) is 14.5 Å². The Labute approximate surface area is 81.7 Å². The second kappa shape index (κ2) is 4.69. The molecule has 0 saturated carbocycles. The number of alkyl halides is 1. The Morgan fingerprint density at radius 3 is 2.43 bits per heavy atom. The number of nitro groups is 1. The Hall–Kier alpha value is -1.45. The third-order valence-corrected chi connectivity index (χ3v) is 1.99. The van der Waals surface area contributed by atoms with Crippen molar-refractivity contribution in [1.82, 2.24) is 0 Å². The minimum Gasteiger partial charge on any atom is -0.258 e. The van der Waals surface area contributed by atoms with Crippen LogP contribution in [0.5, 0.6) is 0 Å². The fraction of sp³-hybridized carbons (Fsp3) is 0.400. The maximum absolute atomic E-state index is 12.2. The molecule has 0 amide bonds. The number of benzene rings is 1. The first kappa shape index (κ1) is 10.6. The van der Waals surface area contributed by atoms with Crippen LogP contribution in [0.4, 0.5) is 10.1 Å². The van der Waals surface area contributed by atoms with Gasteiger partial charge in [-0.25, -0.2) is 0 Å². The smallest absolute Gasteiger partial charge is 0.258 e. The van der Waals surface area contributed by atoms with E-state index in [1.54, 1.807) is 19.1 Å². The van der Waals surface area contributed by atoms with Gasteiger partial charge in [-0.05, 0) is 17.9 Å². The summed E-state index contributed by atoms with van der Waals surface area (Å²) in [5, 5.41) is 10.3. The van der Waals surface area contributed by atoms with Crippen LogP contribution in [0.3, 0.4) is 0 Å². The van der Waals surface area contributed by atoms with Gasteiger partial charge in [0.25, 0.3) is 5.69 Å². The molecule has 0 aliphatic carbocycles. The monoisotopic (exact) mass is 197 g/mol. The lowest BCUT2D eigenvalue weighted by atomic mass is 10.0. The predicted molar refractivity (Wildman–Crippen MR) is 51.9 cm³/mol. The first-order valence-electron chi connectivity index (χ1n) is 4.42. The van der Waals surface area contributed by atoms with Gasteiger partial charge < -0.3 is 0 Å². The minimum absolute atomic E-state index is 0.0311. The molecule has 0 aliphatic rings. The first-order chi connectivity index (χ1) is 6.63. The molecular formula is C10H12FNO2. The van der Waals surface area contributed by atoms with Crippen LogP contribution in [0.15, 0.2) is 24.3 Å². The molecule has 0 radical (unpaired) electrons. The number of non-ortho nitro benzene ring substituents is 1. The Kier molecular flexibility index (Phi) is 3.56. The highest BCUT2D eigenvalue weighted by molar-refractivity contribution is 5.32. The summed E-state index contributed by atoms with van der Waals surface area (Å²) in [6.07, 6.45) is 0.620. The summed E-state index contributed by atoms with van der Waals surface area (Å²) < 4.78 is 12.2. The fourth-order valence-electron chi connectivity index (χ4n) is 1.21. The van der Waals surface area contributed by atoms with Crippen LogP contribution in [0.1, 0.15) is 12.5 Å². The van der Waals surface area contributed by atoms with Crippen molar-refractivity contribution in [2.45, 2.75) is 13.3 Å². The Balaban J connectivity index is 2.68. The molecular weight excluding hydrogens is 185 g/mol. The Morgan fingerprint density at radius 2 is 2.00 bits per heavy atom. The Morgan fingerprint density at radius 1 is 1.43 bits per heavy atom. The van der Waals surface area contributed by atoms with Crippen LogP contribution >= 0.6 is 0 Å². The minimum atomic E-state index is -0.442. The average molecular weight is 197 g/mol. The number of halogens is 1. The summed E-state index contributed by atoms with van der Waals surface area (Å²) in [7, 11) is 0. The van der Waals surface area contributed by atoms with Crippen molar-refractivity contribution in [2.24, 2.45) is 5.92 Å². The number of hydrogen-bond donors (Lipinski definition) is 0. The van der Waals surface area contributed by atoms with Crippen molar-refractivity contribution in [3.8, 4) is 0 Å². The van der Waals surface area contributed by atoms with E-state index >= 15 is 0 Å². The van der Waals surface area contributed by atoms with Crippen molar-refractivity contribution in [3.63, 3.8) is 0 Å². The average Bonchev–Trinajstić information content (AvgIpc) is 2.18. The summed E-state index contributed by atoms with van der Waals surface area (Å²) >= 11 is 0. The highest BCUT2D eigenvalue weighted by Gasteiger charge is 2.06. The number of nitrogens with zero attached hydrogens (tertiary/aromatic N) is 1.